The van der Waals surface area contributed by atoms with E-state index in [0.29, 0.717) is 18.4 Å². The van der Waals surface area contributed by atoms with E-state index in [-0.39, 0.29) is 24.5 Å². The molecule has 0 aromatic heterocycles. The lowest BCUT2D eigenvalue weighted by molar-refractivity contribution is -0.0424. The minimum atomic E-state index is -2.57. The number of ketones is 1. The van der Waals surface area contributed by atoms with Gasteiger partial charge in [-0.15, -0.1) is 0 Å². The normalized spacial score (nSPS) is 19.4. The van der Waals surface area contributed by atoms with Crippen molar-refractivity contribution in [2.24, 2.45) is 5.92 Å². The molecule has 19 heavy (non-hydrogen) atoms. The van der Waals surface area contributed by atoms with Gasteiger partial charge in [-0.1, -0.05) is 6.07 Å². The zero-order chi connectivity index (χ0) is 14.2. The van der Waals surface area contributed by atoms with Crippen molar-refractivity contribution in [3.8, 4) is 0 Å². The van der Waals surface area contributed by atoms with Crippen LogP contribution in [0, 0.1) is 26.7 Å². The topological polar surface area (TPSA) is 17.1 Å². The van der Waals surface area contributed by atoms with Crippen molar-refractivity contribution in [2.75, 3.05) is 0 Å². The Morgan fingerprint density at radius 3 is 2.16 bits per heavy atom. The molecule has 1 aliphatic carbocycles. The summed E-state index contributed by atoms with van der Waals surface area (Å²) in [4.78, 5) is 12.5. The molecule has 1 aromatic rings. The van der Waals surface area contributed by atoms with Crippen LogP contribution in [0.2, 0.25) is 0 Å². The van der Waals surface area contributed by atoms with Crippen LogP contribution >= 0.6 is 0 Å². The maximum Gasteiger partial charge on any atom is 0.248 e. The van der Waals surface area contributed by atoms with Crippen molar-refractivity contribution in [3.63, 3.8) is 0 Å². The predicted octanol–water partition coefficient (Wildman–Crippen LogP) is 4.62. The van der Waals surface area contributed by atoms with Crippen molar-refractivity contribution >= 4 is 5.78 Å². The lowest BCUT2D eigenvalue weighted by Gasteiger charge is -2.27. The third-order valence-corrected chi connectivity index (χ3v) is 4.19. The summed E-state index contributed by atoms with van der Waals surface area (Å²) in [5, 5.41) is 0. The van der Waals surface area contributed by atoms with Crippen LogP contribution in [0.4, 0.5) is 8.78 Å². The Hall–Kier alpha value is -1.25. The van der Waals surface area contributed by atoms with Crippen LogP contribution < -0.4 is 0 Å². The molecule has 0 radical (unpaired) electrons. The molecule has 1 fully saturated rings. The van der Waals surface area contributed by atoms with Crippen LogP contribution in [0.1, 0.15) is 52.7 Å². The van der Waals surface area contributed by atoms with E-state index in [4.69, 9.17) is 0 Å². The van der Waals surface area contributed by atoms with Crippen molar-refractivity contribution in [3.05, 3.63) is 34.4 Å². The summed E-state index contributed by atoms with van der Waals surface area (Å²) >= 11 is 0. The quantitative estimate of drug-likeness (QED) is 0.714. The Morgan fingerprint density at radius 1 is 1.05 bits per heavy atom. The summed E-state index contributed by atoms with van der Waals surface area (Å²) in [7, 11) is 0. The first-order chi connectivity index (χ1) is 8.80. The molecule has 104 valence electrons. The molecule has 0 atom stereocenters. The van der Waals surface area contributed by atoms with Crippen LogP contribution in [-0.2, 0) is 0 Å². The average Bonchev–Trinajstić information content (AvgIpc) is 2.33. The largest absolute Gasteiger partial charge is 0.294 e. The molecule has 1 aliphatic rings. The first-order valence-electron chi connectivity index (χ1n) is 6.80. The minimum absolute atomic E-state index is 0.0381. The zero-order valence-electron chi connectivity index (χ0n) is 11.7. The monoisotopic (exact) mass is 266 g/mol. The van der Waals surface area contributed by atoms with Gasteiger partial charge in [0.25, 0.3) is 0 Å². The first kappa shape index (κ1) is 14.2. The number of hydrogen-bond acceptors (Lipinski definition) is 1. The molecule has 0 bridgehead atoms. The summed E-state index contributed by atoms with van der Waals surface area (Å²) in [6.45, 7) is 5.90. The van der Waals surface area contributed by atoms with E-state index in [1.165, 1.54) is 0 Å². The highest BCUT2D eigenvalue weighted by molar-refractivity contribution is 5.99. The summed E-state index contributed by atoms with van der Waals surface area (Å²) in [6, 6.07) is 3.90. The van der Waals surface area contributed by atoms with Crippen LogP contribution in [-0.4, -0.2) is 11.7 Å². The lowest BCUT2D eigenvalue weighted by Crippen LogP contribution is -2.29. The number of alkyl halides is 2. The van der Waals surface area contributed by atoms with Crippen molar-refractivity contribution in [1.29, 1.82) is 0 Å². The Morgan fingerprint density at radius 2 is 1.58 bits per heavy atom. The molecule has 3 heteroatoms. The van der Waals surface area contributed by atoms with Gasteiger partial charge in [-0.05, 0) is 56.4 Å². The van der Waals surface area contributed by atoms with Gasteiger partial charge in [0.05, 0.1) is 0 Å². The number of rotatable bonds is 2. The van der Waals surface area contributed by atoms with E-state index in [1.54, 1.807) is 0 Å². The van der Waals surface area contributed by atoms with E-state index in [0.717, 1.165) is 16.7 Å². The molecule has 0 saturated heterocycles. The molecule has 0 unspecified atom stereocenters. The molecular weight excluding hydrogens is 246 g/mol. The summed E-state index contributed by atoms with van der Waals surface area (Å²) in [5.41, 5.74) is 3.89. The van der Waals surface area contributed by atoms with Crippen LogP contribution in [0.15, 0.2) is 12.1 Å². The Kier molecular flexibility index (Phi) is 3.75. The number of halogens is 2. The fourth-order valence-electron chi connectivity index (χ4n) is 2.75. The third-order valence-electron chi connectivity index (χ3n) is 4.19. The fraction of sp³-hybridized carbons (Fsp3) is 0.562. The van der Waals surface area contributed by atoms with Crippen LogP contribution in [0.5, 0.6) is 0 Å². The second-order valence-electron chi connectivity index (χ2n) is 5.75. The molecule has 0 amide bonds. The lowest BCUT2D eigenvalue weighted by atomic mass is 9.81. The maximum absolute atomic E-state index is 13.1. The molecule has 2 rings (SSSR count). The highest BCUT2D eigenvalue weighted by Gasteiger charge is 2.37. The standard InChI is InChI=1S/C16H20F2O/c1-10-8-12(3)14(9-11(10)2)15(19)13-4-6-16(17,18)7-5-13/h8-9,13H,4-7H2,1-3H3. The third kappa shape index (κ3) is 3.02. The van der Waals surface area contributed by atoms with Crippen LogP contribution in [0.3, 0.4) is 0 Å². The number of Topliss-reactive ketones (excluding diaryl/α,β-unsaturated/α-hetero) is 1. The molecule has 0 spiro atoms. The summed E-state index contributed by atoms with van der Waals surface area (Å²) in [6.07, 6.45) is 0.289. The molecular formula is C16H20F2O. The van der Waals surface area contributed by atoms with Gasteiger partial charge in [-0.3, -0.25) is 4.79 Å². The molecule has 1 aromatic carbocycles. The number of hydrogen-bond donors (Lipinski definition) is 0. The van der Waals surface area contributed by atoms with E-state index < -0.39 is 5.92 Å². The smallest absolute Gasteiger partial charge is 0.248 e. The fourth-order valence-corrected chi connectivity index (χ4v) is 2.75. The molecule has 0 aliphatic heterocycles. The van der Waals surface area contributed by atoms with Gasteiger partial charge >= 0.3 is 0 Å². The average molecular weight is 266 g/mol. The number of carbonyl (C=O) groups excluding carboxylic acids is 1. The van der Waals surface area contributed by atoms with Gasteiger partial charge in [0.2, 0.25) is 5.92 Å². The summed E-state index contributed by atoms with van der Waals surface area (Å²) in [5.74, 6) is -2.77. The van der Waals surface area contributed by atoms with Crippen molar-refractivity contribution in [2.45, 2.75) is 52.4 Å². The number of benzene rings is 1. The second-order valence-corrected chi connectivity index (χ2v) is 5.75. The maximum atomic E-state index is 13.1. The predicted molar refractivity (Wildman–Crippen MR) is 71.9 cm³/mol. The Bertz CT molecular complexity index is 496. The summed E-state index contributed by atoms with van der Waals surface area (Å²) < 4.78 is 26.3. The van der Waals surface area contributed by atoms with Crippen molar-refractivity contribution < 1.29 is 13.6 Å². The van der Waals surface area contributed by atoms with E-state index in [9.17, 15) is 13.6 Å². The Labute approximate surface area is 113 Å². The first-order valence-corrected chi connectivity index (χ1v) is 6.80. The highest BCUT2D eigenvalue weighted by atomic mass is 19.3. The molecule has 0 heterocycles. The van der Waals surface area contributed by atoms with Crippen molar-refractivity contribution in [1.82, 2.24) is 0 Å². The van der Waals surface area contributed by atoms with Gasteiger partial charge in [0.1, 0.15) is 0 Å². The zero-order valence-corrected chi connectivity index (χ0v) is 11.7. The van der Waals surface area contributed by atoms with E-state index in [2.05, 4.69) is 0 Å². The van der Waals surface area contributed by atoms with Gasteiger partial charge < -0.3 is 0 Å². The molecule has 1 nitrogen and oxygen atoms in total. The Balaban J connectivity index is 2.19. The number of carbonyl (C=O) groups is 1. The number of aryl methyl sites for hydroxylation is 3. The molecule has 0 N–H and O–H groups in total. The molecule has 1 saturated carbocycles. The van der Waals surface area contributed by atoms with Gasteiger partial charge in [-0.2, -0.15) is 0 Å². The highest BCUT2D eigenvalue weighted by Crippen LogP contribution is 2.37. The van der Waals surface area contributed by atoms with E-state index in [1.807, 2.05) is 32.9 Å². The van der Waals surface area contributed by atoms with Gasteiger partial charge in [-0.25, -0.2) is 8.78 Å². The van der Waals surface area contributed by atoms with Gasteiger partial charge in [0, 0.05) is 24.3 Å². The van der Waals surface area contributed by atoms with E-state index >= 15 is 0 Å². The van der Waals surface area contributed by atoms with Crippen LogP contribution in [0.25, 0.3) is 0 Å². The van der Waals surface area contributed by atoms with Gasteiger partial charge in [0.15, 0.2) is 5.78 Å². The SMILES string of the molecule is Cc1cc(C)c(C(=O)C2CCC(F)(F)CC2)cc1C. The minimum Gasteiger partial charge on any atom is -0.294 e. The second kappa shape index (κ2) is 5.03.